The van der Waals surface area contributed by atoms with Crippen molar-refractivity contribution in [1.29, 1.82) is 0 Å². The highest BCUT2D eigenvalue weighted by Gasteiger charge is 2.62. The highest BCUT2D eigenvalue weighted by molar-refractivity contribution is 5.90. The number of carbonyl (C=O) groups excluding carboxylic acids is 1. The molecular formula is C20H27ClN2O2. The van der Waals surface area contributed by atoms with E-state index in [9.17, 15) is 4.79 Å². The quantitative estimate of drug-likeness (QED) is 0.856. The van der Waals surface area contributed by atoms with Crippen molar-refractivity contribution in [1.82, 2.24) is 5.32 Å². The first kappa shape index (κ1) is 19.7. The molecule has 0 aliphatic heterocycles. The summed E-state index contributed by atoms with van der Waals surface area (Å²) in [6.45, 7) is 7.10. The third-order valence-electron chi connectivity index (χ3n) is 5.55. The van der Waals surface area contributed by atoms with Crippen LogP contribution in [-0.2, 0) is 16.1 Å². The van der Waals surface area contributed by atoms with E-state index in [1.54, 1.807) is 0 Å². The summed E-state index contributed by atoms with van der Waals surface area (Å²) in [4.78, 5) is 12.7. The molecule has 136 valence electrons. The maximum atomic E-state index is 12.7. The monoisotopic (exact) mass is 362 g/mol. The van der Waals surface area contributed by atoms with Gasteiger partial charge in [-0.05, 0) is 23.3 Å². The highest BCUT2D eigenvalue weighted by Crippen LogP contribution is 2.49. The molecule has 5 heteroatoms. The maximum Gasteiger partial charge on any atom is 0.241 e. The van der Waals surface area contributed by atoms with Crippen LogP contribution in [0.15, 0.2) is 42.5 Å². The fourth-order valence-electron chi connectivity index (χ4n) is 3.60. The number of carbonyl (C=O) groups is 1. The number of rotatable bonds is 5. The molecule has 0 aromatic heterocycles. The Morgan fingerprint density at radius 1 is 1.24 bits per heavy atom. The molecule has 2 aromatic carbocycles. The lowest BCUT2D eigenvalue weighted by atomic mass is 9.54. The SMILES string of the molecule is CCOC1CC(N)(C(=O)NCc2cccc3ccccc23)C1(C)C.Cl. The van der Waals surface area contributed by atoms with Crippen molar-refractivity contribution in [3.05, 3.63) is 48.0 Å². The summed E-state index contributed by atoms with van der Waals surface area (Å²) < 4.78 is 5.70. The van der Waals surface area contributed by atoms with E-state index in [4.69, 9.17) is 10.5 Å². The minimum Gasteiger partial charge on any atom is -0.378 e. The number of halogens is 1. The summed E-state index contributed by atoms with van der Waals surface area (Å²) in [6, 6.07) is 14.3. The third kappa shape index (κ3) is 3.26. The average Bonchev–Trinajstić information content (AvgIpc) is 2.59. The average molecular weight is 363 g/mol. The molecule has 3 N–H and O–H groups in total. The van der Waals surface area contributed by atoms with Crippen molar-refractivity contribution in [2.75, 3.05) is 6.61 Å². The predicted molar refractivity (Wildman–Crippen MR) is 104 cm³/mol. The number of benzene rings is 2. The summed E-state index contributed by atoms with van der Waals surface area (Å²) in [5, 5.41) is 5.36. The Morgan fingerprint density at radius 3 is 2.60 bits per heavy atom. The van der Waals surface area contributed by atoms with Gasteiger partial charge in [0.25, 0.3) is 0 Å². The molecule has 0 spiro atoms. The number of hydrogen-bond acceptors (Lipinski definition) is 3. The van der Waals surface area contributed by atoms with Gasteiger partial charge in [0.15, 0.2) is 0 Å². The Kier molecular flexibility index (Phi) is 5.77. The number of ether oxygens (including phenoxy) is 1. The molecule has 1 aliphatic carbocycles. The van der Waals surface area contributed by atoms with Gasteiger partial charge in [0, 0.05) is 25.0 Å². The molecule has 1 fully saturated rings. The number of fused-ring (bicyclic) bond motifs is 1. The molecule has 0 saturated heterocycles. The fraction of sp³-hybridized carbons (Fsp3) is 0.450. The van der Waals surface area contributed by atoms with Crippen LogP contribution in [0.3, 0.4) is 0 Å². The Labute approximate surface area is 155 Å². The lowest BCUT2D eigenvalue weighted by Crippen LogP contribution is -2.75. The van der Waals surface area contributed by atoms with E-state index in [1.165, 1.54) is 5.39 Å². The van der Waals surface area contributed by atoms with E-state index in [0.717, 1.165) is 10.9 Å². The van der Waals surface area contributed by atoms with Gasteiger partial charge < -0.3 is 15.8 Å². The first-order chi connectivity index (χ1) is 11.4. The zero-order chi connectivity index (χ0) is 17.4. The fourth-order valence-corrected chi connectivity index (χ4v) is 3.60. The molecule has 4 nitrogen and oxygen atoms in total. The molecule has 1 amide bonds. The Morgan fingerprint density at radius 2 is 1.92 bits per heavy atom. The molecule has 1 saturated carbocycles. The standard InChI is InChI=1S/C20H26N2O2.ClH/c1-4-24-17-12-20(21,19(17,2)3)18(23)22-13-15-10-7-9-14-8-5-6-11-16(14)15;/h5-11,17H,4,12-13,21H2,1-3H3,(H,22,23);1H. The Bertz CT molecular complexity index is 757. The van der Waals surface area contributed by atoms with Crippen LogP contribution >= 0.6 is 12.4 Å². The van der Waals surface area contributed by atoms with Gasteiger partial charge >= 0.3 is 0 Å². The van der Waals surface area contributed by atoms with Crippen molar-refractivity contribution >= 4 is 29.1 Å². The summed E-state index contributed by atoms with van der Waals surface area (Å²) in [5.41, 5.74) is 6.28. The van der Waals surface area contributed by atoms with Crippen molar-refractivity contribution in [3.63, 3.8) is 0 Å². The number of amides is 1. The molecule has 25 heavy (non-hydrogen) atoms. The predicted octanol–water partition coefficient (Wildman–Crippen LogP) is 3.41. The van der Waals surface area contributed by atoms with Crippen LogP contribution in [0.4, 0.5) is 0 Å². The molecule has 1 aliphatic rings. The van der Waals surface area contributed by atoms with Gasteiger partial charge in [0.2, 0.25) is 5.91 Å². The van der Waals surface area contributed by atoms with Gasteiger partial charge in [-0.2, -0.15) is 0 Å². The minimum absolute atomic E-state index is 0. The van der Waals surface area contributed by atoms with Gasteiger partial charge in [-0.3, -0.25) is 4.79 Å². The first-order valence-electron chi connectivity index (χ1n) is 8.55. The van der Waals surface area contributed by atoms with E-state index in [-0.39, 0.29) is 29.8 Å². The van der Waals surface area contributed by atoms with E-state index in [1.807, 2.05) is 45.0 Å². The van der Waals surface area contributed by atoms with Crippen LogP contribution in [0.1, 0.15) is 32.8 Å². The summed E-state index contributed by atoms with van der Waals surface area (Å²) in [5.74, 6) is -0.101. The number of nitrogens with one attached hydrogen (secondary N) is 1. The normalized spacial score (nSPS) is 24.2. The van der Waals surface area contributed by atoms with Crippen LogP contribution < -0.4 is 11.1 Å². The van der Waals surface area contributed by atoms with E-state index >= 15 is 0 Å². The molecule has 0 radical (unpaired) electrons. The zero-order valence-corrected chi connectivity index (χ0v) is 15.9. The van der Waals surface area contributed by atoms with Crippen LogP contribution in [0.5, 0.6) is 0 Å². The molecule has 2 unspecified atom stereocenters. The van der Waals surface area contributed by atoms with Crippen molar-refractivity contribution < 1.29 is 9.53 Å². The molecular weight excluding hydrogens is 336 g/mol. The van der Waals surface area contributed by atoms with Gasteiger partial charge in [-0.15, -0.1) is 12.4 Å². The lowest BCUT2D eigenvalue weighted by Gasteiger charge is -2.57. The maximum absolute atomic E-state index is 12.7. The second-order valence-electron chi connectivity index (χ2n) is 7.16. The van der Waals surface area contributed by atoms with Crippen LogP contribution in [0.25, 0.3) is 10.8 Å². The third-order valence-corrected chi connectivity index (χ3v) is 5.55. The summed E-state index contributed by atoms with van der Waals surface area (Å²) in [7, 11) is 0. The van der Waals surface area contributed by atoms with Crippen LogP contribution in [-0.4, -0.2) is 24.2 Å². The van der Waals surface area contributed by atoms with Gasteiger partial charge in [-0.1, -0.05) is 56.3 Å². The second-order valence-corrected chi connectivity index (χ2v) is 7.16. The smallest absolute Gasteiger partial charge is 0.241 e. The Balaban J connectivity index is 0.00000225. The van der Waals surface area contributed by atoms with Crippen molar-refractivity contribution in [3.8, 4) is 0 Å². The Hall–Kier alpha value is -1.62. The first-order valence-corrected chi connectivity index (χ1v) is 8.55. The molecule has 3 rings (SSSR count). The molecule has 2 aromatic rings. The summed E-state index contributed by atoms with van der Waals surface area (Å²) in [6.07, 6.45) is 0.602. The minimum atomic E-state index is -0.878. The lowest BCUT2D eigenvalue weighted by molar-refractivity contribution is -0.170. The van der Waals surface area contributed by atoms with E-state index in [2.05, 4.69) is 23.5 Å². The second kappa shape index (κ2) is 7.32. The molecule has 2 atom stereocenters. The zero-order valence-electron chi connectivity index (χ0n) is 15.0. The molecule has 0 bridgehead atoms. The number of nitrogens with two attached hydrogens (primary N) is 1. The van der Waals surface area contributed by atoms with Crippen molar-refractivity contribution in [2.45, 2.75) is 45.4 Å². The topological polar surface area (TPSA) is 64.3 Å². The largest absolute Gasteiger partial charge is 0.378 e. The number of hydrogen-bond donors (Lipinski definition) is 2. The summed E-state index contributed by atoms with van der Waals surface area (Å²) >= 11 is 0. The van der Waals surface area contributed by atoms with Crippen molar-refractivity contribution in [2.24, 2.45) is 11.1 Å². The molecule has 0 heterocycles. The highest BCUT2D eigenvalue weighted by atomic mass is 35.5. The van der Waals surface area contributed by atoms with Gasteiger partial charge in [0.1, 0.15) is 5.54 Å². The van der Waals surface area contributed by atoms with Crippen LogP contribution in [0.2, 0.25) is 0 Å². The van der Waals surface area contributed by atoms with Gasteiger partial charge in [-0.25, -0.2) is 0 Å². The van der Waals surface area contributed by atoms with Gasteiger partial charge in [0.05, 0.1) is 6.10 Å². The van der Waals surface area contributed by atoms with Crippen LogP contribution in [0, 0.1) is 5.41 Å². The van der Waals surface area contributed by atoms with E-state index < -0.39 is 5.54 Å². The van der Waals surface area contributed by atoms with E-state index in [0.29, 0.717) is 19.6 Å².